The molecule has 0 aromatic carbocycles. The van der Waals surface area contributed by atoms with Crippen molar-refractivity contribution in [1.82, 2.24) is 20.0 Å². The molecule has 1 saturated carbocycles. The van der Waals surface area contributed by atoms with Gasteiger partial charge in [-0.2, -0.15) is 18.3 Å². The van der Waals surface area contributed by atoms with Crippen molar-refractivity contribution < 1.29 is 18.0 Å². The number of alkyl halides is 3. The lowest BCUT2D eigenvalue weighted by Crippen LogP contribution is -2.32. The molecule has 2 aliphatic carbocycles. The number of fused-ring (bicyclic) bond motifs is 2. The van der Waals surface area contributed by atoms with Crippen molar-refractivity contribution in [2.75, 3.05) is 26.7 Å². The van der Waals surface area contributed by atoms with Crippen LogP contribution in [0.2, 0.25) is 0 Å². The van der Waals surface area contributed by atoms with Gasteiger partial charge in [0, 0.05) is 37.3 Å². The third-order valence-electron chi connectivity index (χ3n) is 7.35. The van der Waals surface area contributed by atoms with Crippen LogP contribution in [0.5, 0.6) is 0 Å². The number of amides is 1. The van der Waals surface area contributed by atoms with Gasteiger partial charge in [0.1, 0.15) is 0 Å². The van der Waals surface area contributed by atoms with E-state index in [2.05, 4.69) is 15.1 Å². The van der Waals surface area contributed by atoms with Gasteiger partial charge in [-0.3, -0.25) is 9.89 Å². The van der Waals surface area contributed by atoms with E-state index in [1.54, 1.807) is 6.08 Å². The Bertz CT molecular complexity index is 902. The van der Waals surface area contributed by atoms with Crippen LogP contribution < -0.4 is 0 Å². The molecule has 5 nitrogen and oxygen atoms in total. The van der Waals surface area contributed by atoms with E-state index in [0.717, 1.165) is 43.6 Å². The van der Waals surface area contributed by atoms with Gasteiger partial charge in [0.15, 0.2) is 5.69 Å². The number of likely N-dealkylation sites (tertiary alicyclic amines) is 1. The minimum atomic E-state index is -4.24. The molecule has 1 N–H and O–H groups in total. The molecule has 3 atom stereocenters. The highest BCUT2D eigenvalue weighted by Crippen LogP contribution is 2.48. The second-order valence-electron chi connectivity index (χ2n) is 9.29. The molecule has 2 aliphatic heterocycles. The van der Waals surface area contributed by atoms with Crippen LogP contribution in [-0.2, 0) is 13.0 Å². The van der Waals surface area contributed by atoms with Crippen LogP contribution in [0.15, 0.2) is 23.3 Å². The third-order valence-corrected chi connectivity index (χ3v) is 7.35. The average molecular weight is 420 g/mol. The quantitative estimate of drug-likeness (QED) is 0.794. The molecular formula is C22H27F3N4O. The lowest BCUT2D eigenvalue weighted by Gasteiger charge is -2.25. The first-order valence-electron chi connectivity index (χ1n) is 10.8. The van der Waals surface area contributed by atoms with Gasteiger partial charge in [-0.05, 0) is 62.5 Å². The summed E-state index contributed by atoms with van der Waals surface area (Å²) in [6, 6.07) is 0. The molecule has 1 amide bonds. The molecule has 1 saturated heterocycles. The number of rotatable bonds is 2. The number of halogens is 3. The normalized spacial score (nSPS) is 29.5. The van der Waals surface area contributed by atoms with E-state index in [0.29, 0.717) is 30.8 Å². The van der Waals surface area contributed by atoms with Crippen molar-refractivity contribution in [1.29, 1.82) is 0 Å². The van der Waals surface area contributed by atoms with Gasteiger partial charge in [-0.15, -0.1) is 0 Å². The summed E-state index contributed by atoms with van der Waals surface area (Å²) in [7, 11) is 2.05. The Hall–Kier alpha value is -2.09. The molecule has 2 fully saturated rings. The Morgan fingerprint density at radius 3 is 2.63 bits per heavy atom. The van der Waals surface area contributed by atoms with E-state index < -0.39 is 6.18 Å². The predicted octanol–water partition coefficient (Wildman–Crippen LogP) is 3.70. The van der Waals surface area contributed by atoms with Crippen LogP contribution >= 0.6 is 0 Å². The molecule has 30 heavy (non-hydrogen) atoms. The molecule has 162 valence electrons. The van der Waals surface area contributed by atoms with Gasteiger partial charge in [0.25, 0.3) is 5.91 Å². The van der Waals surface area contributed by atoms with E-state index in [4.69, 9.17) is 0 Å². The lowest BCUT2D eigenvalue weighted by molar-refractivity contribution is -0.0952. The summed E-state index contributed by atoms with van der Waals surface area (Å²) in [5, 5.41) is 7.33. The number of hydrogen-bond acceptors (Lipinski definition) is 3. The topological polar surface area (TPSA) is 52.2 Å². The highest BCUT2D eigenvalue weighted by atomic mass is 19.4. The summed E-state index contributed by atoms with van der Waals surface area (Å²) in [6.07, 6.45) is 2.16. The van der Waals surface area contributed by atoms with Crippen molar-refractivity contribution in [3.8, 4) is 0 Å². The van der Waals surface area contributed by atoms with Crippen LogP contribution in [0.4, 0.5) is 13.2 Å². The number of hydrogen-bond donors (Lipinski definition) is 1. The number of likely N-dealkylation sites (N-methyl/N-ethyl adjacent to an activating group) is 1. The van der Waals surface area contributed by atoms with Crippen molar-refractivity contribution >= 4 is 5.91 Å². The summed E-state index contributed by atoms with van der Waals surface area (Å²) in [4.78, 5) is 17.2. The molecule has 1 aromatic heterocycles. The number of aromatic amines is 1. The zero-order chi connectivity index (χ0) is 21.0. The summed E-state index contributed by atoms with van der Waals surface area (Å²) in [5.41, 5.74) is 2.73. The van der Waals surface area contributed by atoms with Gasteiger partial charge in [-0.1, -0.05) is 12.2 Å². The molecule has 4 aliphatic rings. The minimum Gasteiger partial charge on any atom is -0.337 e. The van der Waals surface area contributed by atoms with E-state index in [1.165, 1.54) is 0 Å². The molecular weight excluding hydrogens is 393 g/mol. The minimum absolute atomic E-state index is 0.0317. The number of nitrogens with zero attached hydrogens (tertiary/aromatic N) is 3. The fraction of sp³-hybridized carbons (Fsp3) is 0.636. The van der Waals surface area contributed by atoms with Crippen molar-refractivity contribution in [3.63, 3.8) is 0 Å². The fourth-order valence-corrected chi connectivity index (χ4v) is 5.87. The Labute approximate surface area is 174 Å². The SMILES string of the molecule is CN1CCc2c(C(=O)N3C[C@H]4CC(C5=C(C(F)(F)F)CCC=C5)C[C@H]4C3)n[nH]c2C1. The van der Waals surface area contributed by atoms with E-state index in [-0.39, 0.29) is 35.7 Å². The predicted molar refractivity (Wildman–Crippen MR) is 106 cm³/mol. The Morgan fingerprint density at radius 1 is 1.20 bits per heavy atom. The molecule has 3 heterocycles. The fourth-order valence-electron chi connectivity index (χ4n) is 5.87. The van der Waals surface area contributed by atoms with E-state index in [9.17, 15) is 18.0 Å². The molecule has 0 spiro atoms. The molecule has 1 unspecified atom stereocenters. The number of carbonyl (C=O) groups is 1. The molecule has 8 heteroatoms. The summed E-state index contributed by atoms with van der Waals surface area (Å²) >= 11 is 0. The van der Waals surface area contributed by atoms with Gasteiger partial charge >= 0.3 is 6.18 Å². The van der Waals surface area contributed by atoms with Gasteiger partial charge < -0.3 is 9.80 Å². The monoisotopic (exact) mass is 420 g/mol. The van der Waals surface area contributed by atoms with Crippen LogP contribution in [0, 0.1) is 17.8 Å². The van der Waals surface area contributed by atoms with Crippen molar-refractivity contribution in [3.05, 3.63) is 40.2 Å². The van der Waals surface area contributed by atoms with Crippen LogP contribution in [0.25, 0.3) is 0 Å². The number of allylic oxidation sites excluding steroid dienone is 4. The maximum absolute atomic E-state index is 13.5. The summed E-state index contributed by atoms with van der Waals surface area (Å²) in [5.74, 6) is 0.476. The Balaban J connectivity index is 1.28. The third kappa shape index (κ3) is 3.39. The van der Waals surface area contributed by atoms with Crippen LogP contribution in [-0.4, -0.2) is 58.8 Å². The smallest absolute Gasteiger partial charge is 0.337 e. The van der Waals surface area contributed by atoms with Gasteiger partial charge in [0.2, 0.25) is 0 Å². The molecule has 1 aromatic rings. The molecule has 5 rings (SSSR count). The first-order chi connectivity index (χ1) is 14.3. The van der Waals surface area contributed by atoms with Gasteiger partial charge in [-0.25, -0.2) is 0 Å². The maximum atomic E-state index is 13.5. The summed E-state index contributed by atoms with van der Waals surface area (Å²) in [6.45, 7) is 2.93. The second-order valence-corrected chi connectivity index (χ2v) is 9.29. The zero-order valence-corrected chi connectivity index (χ0v) is 17.1. The highest BCUT2D eigenvalue weighted by Gasteiger charge is 2.46. The van der Waals surface area contributed by atoms with Crippen molar-refractivity contribution in [2.45, 2.75) is 44.8 Å². The number of H-pyrrole nitrogens is 1. The van der Waals surface area contributed by atoms with E-state index in [1.807, 2.05) is 18.0 Å². The second kappa shape index (κ2) is 7.25. The standard InChI is InChI=1S/C22H27F3N4O/c1-28-7-6-17-19(12-28)26-27-20(17)21(30)29-10-14-8-13(9-15(14)11-29)16-4-2-3-5-18(16)22(23,24)25/h2,4,13-15H,3,5-12H2,1H3,(H,26,27)/t13?,14-,15+. The Morgan fingerprint density at radius 2 is 1.93 bits per heavy atom. The van der Waals surface area contributed by atoms with Crippen LogP contribution in [0.3, 0.4) is 0 Å². The number of nitrogens with one attached hydrogen (secondary N) is 1. The zero-order valence-electron chi connectivity index (χ0n) is 17.1. The lowest BCUT2D eigenvalue weighted by atomic mass is 9.86. The largest absolute Gasteiger partial charge is 0.412 e. The van der Waals surface area contributed by atoms with Gasteiger partial charge in [0.05, 0.1) is 5.69 Å². The maximum Gasteiger partial charge on any atom is 0.412 e. The summed E-state index contributed by atoms with van der Waals surface area (Å²) < 4.78 is 40.4. The first kappa shape index (κ1) is 19.8. The Kier molecular flexibility index (Phi) is 4.80. The average Bonchev–Trinajstić information content (AvgIpc) is 3.39. The highest BCUT2D eigenvalue weighted by molar-refractivity contribution is 5.94. The van der Waals surface area contributed by atoms with E-state index >= 15 is 0 Å². The van der Waals surface area contributed by atoms with Crippen molar-refractivity contribution in [2.24, 2.45) is 17.8 Å². The number of carbonyl (C=O) groups excluding carboxylic acids is 1. The van der Waals surface area contributed by atoms with Crippen LogP contribution in [0.1, 0.15) is 47.4 Å². The first-order valence-corrected chi connectivity index (χ1v) is 10.8. The molecule has 0 bridgehead atoms. The number of aromatic nitrogens is 2. The molecule has 0 radical (unpaired) electrons.